The van der Waals surface area contributed by atoms with E-state index >= 15 is 0 Å². The number of carbonyl (C=O) groups is 2. The number of amides is 2. The number of para-hydroxylation sites is 2. The molecule has 2 aromatic rings. The molecule has 3 rings (SSSR count). The lowest BCUT2D eigenvalue weighted by atomic mass is 10.1. The summed E-state index contributed by atoms with van der Waals surface area (Å²) in [6.07, 6.45) is 0. The van der Waals surface area contributed by atoms with E-state index in [-0.39, 0.29) is 16.9 Å². The molecule has 2 aromatic carbocycles. The van der Waals surface area contributed by atoms with Crippen molar-refractivity contribution in [3.8, 4) is 5.75 Å². The Morgan fingerprint density at radius 3 is 2.45 bits per heavy atom. The lowest BCUT2D eigenvalue weighted by molar-refractivity contribution is 0.0303. The van der Waals surface area contributed by atoms with Crippen LogP contribution in [0.1, 0.15) is 27.6 Å². The van der Waals surface area contributed by atoms with Crippen molar-refractivity contribution < 1.29 is 19.1 Å². The topological polar surface area (TPSA) is 79.9 Å². The highest BCUT2D eigenvalue weighted by molar-refractivity contribution is 7.80. The molecule has 1 saturated heterocycles. The fraction of sp³-hybridized carbons (Fsp3) is 0.286. The van der Waals surface area contributed by atoms with Gasteiger partial charge in [0.15, 0.2) is 5.11 Å². The number of rotatable bonds is 5. The normalized spacial score (nSPS) is 13.5. The Kier molecular flexibility index (Phi) is 7.15. The fourth-order valence-corrected chi connectivity index (χ4v) is 3.18. The molecule has 1 aliphatic heterocycles. The zero-order valence-electron chi connectivity index (χ0n) is 16.1. The first-order valence-electron chi connectivity index (χ1n) is 9.40. The third-order valence-corrected chi connectivity index (χ3v) is 4.57. The molecule has 7 nitrogen and oxygen atoms in total. The van der Waals surface area contributed by atoms with E-state index in [9.17, 15) is 9.59 Å². The maximum atomic E-state index is 12.8. The number of anilines is 1. The second-order valence-electron chi connectivity index (χ2n) is 6.29. The molecule has 8 heteroatoms. The van der Waals surface area contributed by atoms with Crippen LogP contribution < -0.4 is 15.4 Å². The van der Waals surface area contributed by atoms with Gasteiger partial charge in [-0.25, -0.2) is 0 Å². The molecule has 152 valence electrons. The monoisotopic (exact) mass is 413 g/mol. The van der Waals surface area contributed by atoms with Crippen LogP contribution in [0.3, 0.4) is 0 Å². The van der Waals surface area contributed by atoms with Crippen molar-refractivity contribution in [2.75, 3.05) is 38.2 Å². The smallest absolute Gasteiger partial charge is 0.261 e. The molecule has 1 aliphatic rings. The van der Waals surface area contributed by atoms with E-state index in [0.29, 0.717) is 55.5 Å². The van der Waals surface area contributed by atoms with E-state index in [1.54, 1.807) is 53.4 Å². The maximum Gasteiger partial charge on any atom is 0.261 e. The number of ether oxygens (including phenoxy) is 2. The van der Waals surface area contributed by atoms with E-state index in [1.165, 1.54) is 0 Å². The standard InChI is InChI=1S/C21H23N3O4S/c1-2-28-18-10-6-4-8-16(18)19(25)23-21(29)22-17-9-5-3-7-15(17)20(26)24-11-13-27-14-12-24/h3-10H,2,11-14H2,1H3,(H2,22,23,25,29). The van der Waals surface area contributed by atoms with E-state index in [2.05, 4.69) is 10.6 Å². The van der Waals surface area contributed by atoms with Gasteiger partial charge in [0.25, 0.3) is 11.8 Å². The second kappa shape index (κ2) is 9.99. The lowest BCUT2D eigenvalue weighted by Gasteiger charge is -2.27. The summed E-state index contributed by atoms with van der Waals surface area (Å²) in [6.45, 7) is 4.43. The molecule has 0 aliphatic carbocycles. The van der Waals surface area contributed by atoms with Crippen LogP contribution in [-0.2, 0) is 4.74 Å². The van der Waals surface area contributed by atoms with Crippen LogP contribution >= 0.6 is 12.2 Å². The number of nitrogens with one attached hydrogen (secondary N) is 2. The van der Waals surface area contributed by atoms with E-state index in [0.717, 1.165) is 0 Å². The minimum atomic E-state index is -0.386. The van der Waals surface area contributed by atoms with Crippen LogP contribution in [0.2, 0.25) is 0 Å². The molecule has 0 bridgehead atoms. The van der Waals surface area contributed by atoms with Gasteiger partial charge in [0.05, 0.1) is 36.6 Å². The van der Waals surface area contributed by atoms with Crippen LogP contribution in [0.25, 0.3) is 0 Å². The zero-order chi connectivity index (χ0) is 20.6. The lowest BCUT2D eigenvalue weighted by Crippen LogP contribution is -2.41. The summed E-state index contributed by atoms with van der Waals surface area (Å²) in [5.74, 6) is -0.00560. The first-order valence-corrected chi connectivity index (χ1v) is 9.81. The van der Waals surface area contributed by atoms with Gasteiger partial charge in [-0.1, -0.05) is 24.3 Å². The van der Waals surface area contributed by atoms with Gasteiger partial charge in [-0.3, -0.25) is 14.9 Å². The SMILES string of the molecule is CCOc1ccccc1C(=O)NC(=S)Nc1ccccc1C(=O)N1CCOCC1. The van der Waals surface area contributed by atoms with Gasteiger partial charge in [-0.2, -0.15) is 0 Å². The quantitative estimate of drug-likeness (QED) is 0.734. The van der Waals surface area contributed by atoms with Crippen molar-refractivity contribution in [3.63, 3.8) is 0 Å². The number of morpholine rings is 1. The number of hydrogen-bond acceptors (Lipinski definition) is 5. The Morgan fingerprint density at radius 2 is 1.72 bits per heavy atom. The highest BCUT2D eigenvalue weighted by Gasteiger charge is 2.21. The first-order chi connectivity index (χ1) is 14.1. The molecule has 2 amide bonds. The van der Waals surface area contributed by atoms with Crippen LogP contribution in [0, 0.1) is 0 Å². The van der Waals surface area contributed by atoms with Crippen LogP contribution in [0.15, 0.2) is 48.5 Å². The summed E-state index contributed by atoms with van der Waals surface area (Å²) in [6, 6.07) is 14.0. The molecular formula is C21H23N3O4S. The van der Waals surface area contributed by atoms with Gasteiger partial charge in [-0.15, -0.1) is 0 Å². The maximum absolute atomic E-state index is 12.8. The van der Waals surface area contributed by atoms with Gasteiger partial charge in [0.2, 0.25) is 0 Å². The summed E-state index contributed by atoms with van der Waals surface area (Å²) in [5, 5.41) is 5.71. The number of hydrogen-bond donors (Lipinski definition) is 2. The van der Waals surface area contributed by atoms with Crippen molar-refractivity contribution >= 4 is 34.8 Å². The second-order valence-corrected chi connectivity index (χ2v) is 6.70. The molecular weight excluding hydrogens is 390 g/mol. The molecule has 29 heavy (non-hydrogen) atoms. The van der Waals surface area contributed by atoms with Crippen molar-refractivity contribution in [1.82, 2.24) is 10.2 Å². The van der Waals surface area contributed by atoms with E-state index < -0.39 is 0 Å². The highest BCUT2D eigenvalue weighted by Crippen LogP contribution is 2.20. The highest BCUT2D eigenvalue weighted by atomic mass is 32.1. The number of carbonyl (C=O) groups excluding carboxylic acids is 2. The van der Waals surface area contributed by atoms with Crippen molar-refractivity contribution in [1.29, 1.82) is 0 Å². The van der Waals surface area contributed by atoms with Gasteiger partial charge in [0, 0.05) is 13.1 Å². The first kappa shape index (κ1) is 20.8. The molecule has 0 spiro atoms. The molecule has 0 radical (unpaired) electrons. The predicted molar refractivity (Wildman–Crippen MR) is 114 cm³/mol. The fourth-order valence-electron chi connectivity index (χ4n) is 2.98. The third kappa shape index (κ3) is 5.30. The van der Waals surface area contributed by atoms with Crippen LogP contribution in [0.5, 0.6) is 5.75 Å². The van der Waals surface area contributed by atoms with Crippen LogP contribution in [0.4, 0.5) is 5.69 Å². The van der Waals surface area contributed by atoms with Crippen molar-refractivity contribution in [2.24, 2.45) is 0 Å². The predicted octanol–water partition coefficient (Wildman–Crippen LogP) is 2.68. The molecule has 0 atom stereocenters. The van der Waals surface area contributed by atoms with Crippen molar-refractivity contribution in [2.45, 2.75) is 6.92 Å². The Bertz CT molecular complexity index is 897. The largest absolute Gasteiger partial charge is 0.493 e. The molecule has 0 aromatic heterocycles. The molecule has 1 heterocycles. The minimum Gasteiger partial charge on any atom is -0.493 e. The van der Waals surface area contributed by atoms with Crippen molar-refractivity contribution in [3.05, 3.63) is 59.7 Å². The van der Waals surface area contributed by atoms with Gasteiger partial charge in [0.1, 0.15) is 5.75 Å². The van der Waals surface area contributed by atoms with Crippen LogP contribution in [-0.4, -0.2) is 54.7 Å². The Morgan fingerprint density at radius 1 is 1.07 bits per heavy atom. The molecule has 1 fully saturated rings. The summed E-state index contributed by atoms with van der Waals surface area (Å²) in [7, 11) is 0. The van der Waals surface area contributed by atoms with Gasteiger partial charge >= 0.3 is 0 Å². The Balaban J connectivity index is 1.70. The van der Waals surface area contributed by atoms with E-state index in [1.807, 2.05) is 6.92 Å². The number of thiocarbonyl (C=S) groups is 1. The van der Waals surface area contributed by atoms with Gasteiger partial charge in [-0.05, 0) is 43.4 Å². The number of benzene rings is 2. The molecule has 0 saturated carbocycles. The third-order valence-electron chi connectivity index (χ3n) is 4.36. The minimum absolute atomic E-state index is 0.100. The zero-order valence-corrected chi connectivity index (χ0v) is 17.0. The van der Waals surface area contributed by atoms with Gasteiger partial charge < -0.3 is 19.7 Å². The Labute approximate surface area is 175 Å². The number of nitrogens with zero attached hydrogens (tertiary/aromatic N) is 1. The van der Waals surface area contributed by atoms with E-state index in [4.69, 9.17) is 21.7 Å². The summed E-state index contributed by atoms with van der Waals surface area (Å²) < 4.78 is 10.8. The molecule has 0 unspecified atom stereocenters. The Hall–Kier alpha value is -2.97. The average molecular weight is 413 g/mol. The summed E-state index contributed by atoms with van der Waals surface area (Å²) in [4.78, 5) is 27.2. The summed E-state index contributed by atoms with van der Waals surface area (Å²) in [5.41, 5.74) is 1.41. The average Bonchev–Trinajstić information content (AvgIpc) is 2.75. The summed E-state index contributed by atoms with van der Waals surface area (Å²) >= 11 is 5.29. The molecule has 2 N–H and O–H groups in total.